The first-order valence-corrected chi connectivity index (χ1v) is 4.80. The molecule has 0 radical (unpaired) electrons. The van der Waals surface area contributed by atoms with Gasteiger partial charge in [-0.3, -0.25) is 0 Å². The lowest BCUT2D eigenvalue weighted by molar-refractivity contribution is -0.137. The highest BCUT2D eigenvalue weighted by Gasteiger charge is 2.33. The predicted molar refractivity (Wildman–Crippen MR) is 54.8 cm³/mol. The summed E-state index contributed by atoms with van der Waals surface area (Å²) in [6.45, 7) is 4.00. The number of carbonyl (C=O) groups is 1. The third kappa shape index (κ3) is 3.73. The van der Waals surface area contributed by atoms with Gasteiger partial charge < -0.3 is 5.11 Å². The fourth-order valence-corrected chi connectivity index (χ4v) is 1.10. The molecule has 1 aromatic carbocycles. The van der Waals surface area contributed by atoms with Crippen LogP contribution in [0.1, 0.15) is 29.8 Å². The van der Waals surface area contributed by atoms with Crippen molar-refractivity contribution in [3.63, 3.8) is 0 Å². The van der Waals surface area contributed by atoms with Gasteiger partial charge in [0.05, 0.1) is 16.1 Å². The zero-order valence-corrected chi connectivity index (χ0v) is 9.36. The van der Waals surface area contributed by atoms with Crippen molar-refractivity contribution in [3.05, 3.63) is 34.3 Å². The molecule has 1 rings (SSSR count). The van der Waals surface area contributed by atoms with E-state index in [-0.39, 0.29) is 0 Å². The Hall–Kier alpha value is -1.23. The molecule has 0 atom stereocenters. The van der Waals surface area contributed by atoms with Crippen LogP contribution in [0.5, 0.6) is 0 Å². The topological polar surface area (TPSA) is 37.3 Å². The van der Waals surface area contributed by atoms with Crippen molar-refractivity contribution in [2.24, 2.45) is 0 Å². The first kappa shape index (κ1) is 14.8. The van der Waals surface area contributed by atoms with Crippen LogP contribution in [0.2, 0.25) is 5.02 Å². The normalized spacial score (nSPS) is 10.4. The Balaban J connectivity index is 0.00000106. The van der Waals surface area contributed by atoms with E-state index >= 15 is 0 Å². The third-order valence-electron chi connectivity index (χ3n) is 1.52. The van der Waals surface area contributed by atoms with Gasteiger partial charge in [0, 0.05) is 0 Å². The second-order valence-electron chi connectivity index (χ2n) is 2.50. The molecule has 0 heterocycles. The highest BCUT2D eigenvalue weighted by atomic mass is 35.5. The van der Waals surface area contributed by atoms with Gasteiger partial charge >= 0.3 is 12.1 Å². The number of halogens is 4. The number of alkyl halides is 3. The van der Waals surface area contributed by atoms with E-state index in [9.17, 15) is 18.0 Å². The van der Waals surface area contributed by atoms with Gasteiger partial charge in [-0.25, -0.2) is 4.79 Å². The molecule has 1 aromatic rings. The summed E-state index contributed by atoms with van der Waals surface area (Å²) < 4.78 is 36.6. The van der Waals surface area contributed by atoms with Gasteiger partial charge in [-0.05, 0) is 18.2 Å². The van der Waals surface area contributed by atoms with Crippen molar-refractivity contribution < 1.29 is 23.1 Å². The Morgan fingerprint density at radius 1 is 1.31 bits per heavy atom. The fraction of sp³-hybridized carbons (Fsp3) is 0.300. The molecule has 6 heteroatoms. The van der Waals surface area contributed by atoms with Crippen LogP contribution in [-0.4, -0.2) is 11.1 Å². The fourth-order valence-electron chi connectivity index (χ4n) is 0.876. The number of hydrogen-bond acceptors (Lipinski definition) is 1. The highest BCUT2D eigenvalue weighted by Crippen LogP contribution is 2.34. The molecule has 0 amide bonds. The predicted octanol–water partition coefficient (Wildman–Crippen LogP) is 4.08. The molecule has 90 valence electrons. The average molecular weight is 255 g/mol. The molecule has 0 aliphatic rings. The van der Waals surface area contributed by atoms with Gasteiger partial charge in [0.25, 0.3) is 0 Å². The van der Waals surface area contributed by atoms with Crippen molar-refractivity contribution in [1.29, 1.82) is 0 Å². The molecule has 1 N–H and O–H groups in total. The molecule has 0 saturated heterocycles. The molecule has 0 unspecified atom stereocenters. The van der Waals surface area contributed by atoms with Crippen LogP contribution in [0, 0.1) is 0 Å². The summed E-state index contributed by atoms with van der Waals surface area (Å²) in [7, 11) is 0. The maximum absolute atomic E-state index is 12.2. The van der Waals surface area contributed by atoms with Crippen LogP contribution in [-0.2, 0) is 6.18 Å². The molecule has 0 aliphatic carbocycles. The Morgan fingerprint density at radius 2 is 1.81 bits per heavy atom. The summed E-state index contributed by atoms with van der Waals surface area (Å²) in [5.41, 5.74) is -1.58. The standard InChI is InChI=1S/C8H4ClF3O2.C2H6/c9-6-2-1-4(7(13)14)3-5(6)8(10,11)12;1-2/h1-3H,(H,13,14);1-2H3. The minimum Gasteiger partial charge on any atom is -0.478 e. The van der Waals surface area contributed by atoms with E-state index in [0.29, 0.717) is 6.07 Å². The van der Waals surface area contributed by atoms with E-state index in [1.165, 1.54) is 0 Å². The van der Waals surface area contributed by atoms with Crippen molar-refractivity contribution >= 4 is 17.6 Å². The molecule has 0 fully saturated rings. The zero-order valence-electron chi connectivity index (χ0n) is 8.60. The van der Waals surface area contributed by atoms with Crippen LogP contribution in [0.15, 0.2) is 18.2 Å². The molecule has 0 aromatic heterocycles. The summed E-state index contributed by atoms with van der Waals surface area (Å²) in [6, 6.07) is 2.43. The Labute approximate surface area is 95.7 Å². The Bertz CT molecular complexity index is 375. The van der Waals surface area contributed by atoms with Crippen molar-refractivity contribution in [3.8, 4) is 0 Å². The maximum atomic E-state index is 12.2. The van der Waals surface area contributed by atoms with Crippen molar-refractivity contribution in [1.82, 2.24) is 0 Å². The molecule has 0 bridgehead atoms. The number of rotatable bonds is 1. The molecule has 2 nitrogen and oxygen atoms in total. The van der Waals surface area contributed by atoms with E-state index in [4.69, 9.17) is 16.7 Å². The summed E-state index contributed by atoms with van der Waals surface area (Å²) >= 11 is 5.27. The number of hydrogen-bond donors (Lipinski definition) is 1. The van der Waals surface area contributed by atoms with E-state index in [2.05, 4.69) is 0 Å². The van der Waals surface area contributed by atoms with Gasteiger partial charge in [0.2, 0.25) is 0 Å². The van der Waals surface area contributed by atoms with Gasteiger partial charge in [0.15, 0.2) is 0 Å². The van der Waals surface area contributed by atoms with E-state index in [1.54, 1.807) is 0 Å². The first-order chi connectivity index (χ1) is 7.32. The second kappa shape index (κ2) is 5.75. The minimum atomic E-state index is -4.64. The number of carboxylic acids is 1. The van der Waals surface area contributed by atoms with Gasteiger partial charge in [-0.15, -0.1) is 0 Å². The third-order valence-corrected chi connectivity index (χ3v) is 1.85. The smallest absolute Gasteiger partial charge is 0.417 e. The molecule has 0 aliphatic heterocycles. The molecule has 16 heavy (non-hydrogen) atoms. The number of aromatic carboxylic acids is 1. The summed E-state index contributed by atoms with van der Waals surface area (Å²) in [5, 5.41) is 7.94. The lowest BCUT2D eigenvalue weighted by atomic mass is 10.1. The van der Waals surface area contributed by atoms with Crippen LogP contribution < -0.4 is 0 Å². The molecular formula is C10H10ClF3O2. The molecular weight excluding hydrogens is 245 g/mol. The Kier molecular flexibility index (Phi) is 5.30. The highest BCUT2D eigenvalue weighted by molar-refractivity contribution is 6.31. The van der Waals surface area contributed by atoms with Gasteiger partial charge in [0.1, 0.15) is 0 Å². The summed E-state index contributed by atoms with van der Waals surface area (Å²) in [4.78, 5) is 10.4. The second-order valence-corrected chi connectivity index (χ2v) is 2.90. The number of benzene rings is 1. The zero-order chi connectivity index (χ0) is 12.9. The maximum Gasteiger partial charge on any atom is 0.417 e. The van der Waals surface area contributed by atoms with Crippen LogP contribution in [0.3, 0.4) is 0 Å². The Morgan fingerprint density at radius 3 is 2.19 bits per heavy atom. The molecule has 0 saturated carbocycles. The lowest BCUT2D eigenvalue weighted by Crippen LogP contribution is -2.08. The van der Waals surface area contributed by atoms with Crippen molar-refractivity contribution in [2.45, 2.75) is 20.0 Å². The van der Waals surface area contributed by atoms with E-state index in [1.807, 2.05) is 13.8 Å². The van der Waals surface area contributed by atoms with Crippen LogP contribution in [0.4, 0.5) is 13.2 Å². The number of carboxylic acid groups (broad SMARTS) is 1. The van der Waals surface area contributed by atoms with Crippen LogP contribution >= 0.6 is 11.6 Å². The van der Waals surface area contributed by atoms with E-state index in [0.717, 1.165) is 12.1 Å². The largest absolute Gasteiger partial charge is 0.478 e. The summed E-state index contributed by atoms with van der Waals surface area (Å²) in [5.74, 6) is -1.42. The molecule has 0 spiro atoms. The lowest BCUT2D eigenvalue weighted by Gasteiger charge is -2.08. The summed E-state index contributed by atoms with van der Waals surface area (Å²) in [6.07, 6.45) is -4.64. The average Bonchev–Trinajstić information content (AvgIpc) is 2.19. The van der Waals surface area contributed by atoms with E-state index < -0.39 is 28.3 Å². The quantitative estimate of drug-likeness (QED) is 0.820. The SMILES string of the molecule is CC.O=C(O)c1ccc(Cl)c(C(F)(F)F)c1. The first-order valence-electron chi connectivity index (χ1n) is 4.42. The van der Waals surface area contributed by atoms with Crippen molar-refractivity contribution in [2.75, 3.05) is 0 Å². The van der Waals surface area contributed by atoms with Gasteiger partial charge in [-0.1, -0.05) is 25.4 Å². The van der Waals surface area contributed by atoms with Gasteiger partial charge in [-0.2, -0.15) is 13.2 Å². The van der Waals surface area contributed by atoms with Crippen LogP contribution in [0.25, 0.3) is 0 Å². The monoisotopic (exact) mass is 254 g/mol. The minimum absolute atomic E-state index is 0.443.